The van der Waals surface area contributed by atoms with Crippen molar-refractivity contribution in [3.63, 3.8) is 0 Å². The van der Waals surface area contributed by atoms with Gasteiger partial charge in [-0.2, -0.15) is 4.99 Å². The lowest BCUT2D eigenvalue weighted by Crippen LogP contribution is -2.38. The highest BCUT2D eigenvalue weighted by molar-refractivity contribution is 9.10. The number of thiocarbonyl (C=S) groups is 1. The molecule has 2 N–H and O–H groups in total. The predicted molar refractivity (Wildman–Crippen MR) is 167 cm³/mol. The van der Waals surface area contributed by atoms with E-state index in [2.05, 4.69) is 46.6 Å². The summed E-state index contributed by atoms with van der Waals surface area (Å²) in [4.78, 5) is 23.0. The number of thioether (sulfide) groups is 1. The summed E-state index contributed by atoms with van der Waals surface area (Å²) in [6.07, 6.45) is -3.27. The predicted octanol–water partition coefficient (Wildman–Crippen LogP) is 6.48. The van der Waals surface area contributed by atoms with E-state index in [1.807, 2.05) is 56.3 Å². The van der Waals surface area contributed by atoms with Crippen molar-refractivity contribution < 1.29 is 22.7 Å². The monoisotopic (exact) mass is 689 g/mol. The minimum absolute atomic E-state index is 0.0677. The molecular formula is C28H23BrF3N7O2S2. The highest BCUT2D eigenvalue weighted by atomic mass is 79.9. The van der Waals surface area contributed by atoms with Crippen LogP contribution in [0.1, 0.15) is 24.1 Å². The van der Waals surface area contributed by atoms with Crippen molar-refractivity contribution in [1.29, 1.82) is 0 Å². The molecule has 0 radical (unpaired) electrons. The van der Waals surface area contributed by atoms with E-state index < -0.39 is 6.36 Å². The third-order valence-corrected chi connectivity index (χ3v) is 7.88. The SMILES string of the molecule is Cc1ccc(Br)cc1N1C(=O)CS/C1=N\C(=S)NNC(C)c1ccc(-c2ncn(-c3ccc(OC(F)(F)F)cc3)n2)cc1. The fraction of sp³-hybridized carbons (Fsp3) is 0.179. The summed E-state index contributed by atoms with van der Waals surface area (Å²) in [5, 5.41) is 5.12. The van der Waals surface area contributed by atoms with Gasteiger partial charge in [-0.05, 0) is 73.6 Å². The van der Waals surface area contributed by atoms with Crippen LogP contribution < -0.4 is 20.5 Å². The molecular weight excluding hydrogens is 667 g/mol. The number of halogens is 4. The molecule has 1 aliphatic rings. The Morgan fingerprint density at radius 3 is 2.56 bits per heavy atom. The lowest BCUT2D eigenvalue weighted by atomic mass is 10.1. The molecule has 1 aliphatic heterocycles. The molecule has 0 spiro atoms. The maximum absolute atomic E-state index is 12.6. The Morgan fingerprint density at radius 2 is 1.86 bits per heavy atom. The molecule has 0 bridgehead atoms. The van der Waals surface area contributed by atoms with Gasteiger partial charge in [-0.3, -0.25) is 15.1 Å². The summed E-state index contributed by atoms with van der Waals surface area (Å²) in [6, 6.07) is 18.5. The smallest absolute Gasteiger partial charge is 0.406 e. The minimum Gasteiger partial charge on any atom is -0.406 e. The molecule has 0 saturated carbocycles. The number of nitrogens with zero attached hydrogens (tertiary/aromatic N) is 5. The van der Waals surface area contributed by atoms with Crippen LogP contribution in [0.5, 0.6) is 5.75 Å². The second-order valence-electron chi connectivity index (χ2n) is 9.32. The molecule has 5 rings (SSSR count). The van der Waals surface area contributed by atoms with Gasteiger partial charge < -0.3 is 4.74 Å². The molecule has 15 heteroatoms. The highest BCUT2D eigenvalue weighted by Gasteiger charge is 2.32. The van der Waals surface area contributed by atoms with Gasteiger partial charge in [0.25, 0.3) is 0 Å². The van der Waals surface area contributed by atoms with Gasteiger partial charge in [0, 0.05) is 16.1 Å². The number of aromatic nitrogens is 3. The van der Waals surface area contributed by atoms with Crippen molar-refractivity contribution >= 4 is 61.8 Å². The number of hydrazine groups is 1. The van der Waals surface area contributed by atoms with E-state index in [0.717, 1.165) is 26.9 Å². The van der Waals surface area contributed by atoms with Crippen LogP contribution in [0.15, 0.2) is 82.5 Å². The van der Waals surface area contributed by atoms with Gasteiger partial charge in [-0.1, -0.05) is 58.0 Å². The number of aliphatic imine (C=N–C) groups is 1. The first-order valence-electron chi connectivity index (χ1n) is 12.7. The molecule has 222 valence electrons. The summed E-state index contributed by atoms with van der Waals surface area (Å²) < 4.78 is 43.4. The number of benzene rings is 3. The number of carbonyl (C=O) groups excluding carboxylic acids is 1. The largest absolute Gasteiger partial charge is 0.573 e. The third-order valence-electron chi connectivity index (χ3n) is 6.27. The Labute approximate surface area is 262 Å². The number of aryl methyl sites for hydroxylation is 1. The number of rotatable bonds is 7. The molecule has 1 fully saturated rings. The van der Waals surface area contributed by atoms with E-state index in [4.69, 9.17) is 12.2 Å². The number of hydrogen-bond acceptors (Lipinski definition) is 7. The zero-order valence-electron chi connectivity index (χ0n) is 22.6. The van der Waals surface area contributed by atoms with Crippen LogP contribution in [0.4, 0.5) is 18.9 Å². The second kappa shape index (κ2) is 12.8. The van der Waals surface area contributed by atoms with Crippen LogP contribution in [-0.4, -0.2) is 43.1 Å². The number of amidine groups is 1. The lowest BCUT2D eigenvalue weighted by molar-refractivity contribution is -0.274. The van der Waals surface area contributed by atoms with Crippen molar-refractivity contribution in [2.75, 3.05) is 10.7 Å². The zero-order chi connectivity index (χ0) is 30.7. The summed E-state index contributed by atoms with van der Waals surface area (Å²) in [5.74, 6) is 0.344. The van der Waals surface area contributed by atoms with Crippen LogP contribution in [0.3, 0.4) is 0 Å². The van der Waals surface area contributed by atoms with Crippen molar-refractivity contribution in [2.24, 2.45) is 4.99 Å². The Bertz CT molecular complexity index is 1680. The Hall–Kier alpha value is -3.79. The molecule has 0 aliphatic carbocycles. The van der Waals surface area contributed by atoms with Crippen LogP contribution in [-0.2, 0) is 4.79 Å². The number of alkyl halides is 3. The molecule has 1 saturated heterocycles. The van der Waals surface area contributed by atoms with Crippen molar-refractivity contribution in [1.82, 2.24) is 25.6 Å². The molecule has 2 heterocycles. The van der Waals surface area contributed by atoms with Crippen LogP contribution in [0.25, 0.3) is 17.1 Å². The Kier molecular flexibility index (Phi) is 9.15. The molecule has 4 aromatic rings. The summed E-state index contributed by atoms with van der Waals surface area (Å²) in [6.45, 7) is 3.88. The van der Waals surface area contributed by atoms with Gasteiger partial charge in [0.1, 0.15) is 12.1 Å². The third kappa shape index (κ3) is 7.60. The summed E-state index contributed by atoms with van der Waals surface area (Å²) in [7, 11) is 0. The maximum atomic E-state index is 12.6. The fourth-order valence-electron chi connectivity index (χ4n) is 4.11. The number of carbonyl (C=O) groups is 1. The first kappa shape index (κ1) is 30.7. The van der Waals surface area contributed by atoms with E-state index in [-0.39, 0.29) is 28.6 Å². The molecule has 9 nitrogen and oxygen atoms in total. The lowest BCUT2D eigenvalue weighted by Gasteiger charge is -2.19. The summed E-state index contributed by atoms with van der Waals surface area (Å²) in [5.41, 5.74) is 9.99. The van der Waals surface area contributed by atoms with E-state index in [1.54, 1.807) is 4.90 Å². The average molecular weight is 691 g/mol. The van der Waals surface area contributed by atoms with Crippen LogP contribution in [0, 0.1) is 6.92 Å². The number of nitrogens with one attached hydrogen (secondary N) is 2. The van der Waals surface area contributed by atoms with Crippen molar-refractivity contribution in [3.8, 4) is 22.8 Å². The van der Waals surface area contributed by atoms with E-state index in [0.29, 0.717) is 16.7 Å². The molecule has 43 heavy (non-hydrogen) atoms. The van der Waals surface area contributed by atoms with Gasteiger partial charge in [0.05, 0.1) is 17.1 Å². The first-order chi connectivity index (χ1) is 20.5. The van der Waals surface area contributed by atoms with E-state index in [1.165, 1.54) is 47.0 Å². The molecule has 3 aromatic carbocycles. The normalized spacial score (nSPS) is 15.2. The standard InChI is InChI=1S/C28H23BrF3N7O2S2/c1-16-3-8-20(29)13-23(16)39-24(40)14-43-27(39)34-26(42)36-35-17(2)18-4-6-19(7-5-18)25-33-15-38(37-25)21-9-11-22(12-10-21)41-28(30,31)32/h3-13,15,17,35H,14H2,1-2H3,(H,36,42)/b34-27-. The molecule has 1 unspecified atom stereocenters. The quantitative estimate of drug-likeness (QED) is 0.168. The zero-order valence-corrected chi connectivity index (χ0v) is 25.8. The maximum Gasteiger partial charge on any atom is 0.573 e. The number of anilines is 1. The van der Waals surface area contributed by atoms with E-state index >= 15 is 0 Å². The number of hydrogen-bond donors (Lipinski definition) is 2. The van der Waals surface area contributed by atoms with Gasteiger partial charge in [-0.15, -0.1) is 18.3 Å². The number of ether oxygens (including phenoxy) is 1. The second-order valence-corrected chi connectivity index (χ2v) is 11.6. The Balaban J connectivity index is 1.19. The van der Waals surface area contributed by atoms with Gasteiger partial charge in [-0.25, -0.2) is 15.1 Å². The Morgan fingerprint density at radius 1 is 1.14 bits per heavy atom. The molecule has 1 amide bonds. The molecule has 1 aromatic heterocycles. The first-order valence-corrected chi connectivity index (χ1v) is 14.9. The average Bonchev–Trinajstić information content (AvgIpc) is 3.60. The minimum atomic E-state index is -4.75. The van der Waals surface area contributed by atoms with Gasteiger partial charge >= 0.3 is 6.36 Å². The van der Waals surface area contributed by atoms with Crippen LogP contribution in [0.2, 0.25) is 0 Å². The summed E-state index contributed by atoms with van der Waals surface area (Å²) >= 11 is 10.2. The van der Waals surface area contributed by atoms with E-state index in [9.17, 15) is 18.0 Å². The topological polar surface area (TPSA) is 96.7 Å². The number of amides is 1. The fourth-order valence-corrected chi connectivity index (χ4v) is 5.53. The van der Waals surface area contributed by atoms with Gasteiger partial charge in [0.15, 0.2) is 11.0 Å². The van der Waals surface area contributed by atoms with Crippen molar-refractivity contribution in [2.45, 2.75) is 26.3 Å². The van der Waals surface area contributed by atoms with Crippen molar-refractivity contribution in [3.05, 3.63) is 88.7 Å². The molecule has 1 atom stereocenters. The highest BCUT2D eigenvalue weighted by Crippen LogP contribution is 2.31. The van der Waals surface area contributed by atoms with Gasteiger partial charge in [0.2, 0.25) is 11.0 Å². The van der Waals surface area contributed by atoms with Crippen LogP contribution >= 0.6 is 39.9 Å².